The summed E-state index contributed by atoms with van der Waals surface area (Å²) in [6.07, 6.45) is 25.0. The second kappa shape index (κ2) is 45.5. The molecule has 8 aromatic carbocycles. The lowest BCUT2D eigenvalue weighted by Gasteiger charge is -2.29. The Hall–Kier alpha value is -7.84. The summed E-state index contributed by atoms with van der Waals surface area (Å²) in [6, 6.07) is 40.1. The van der Waals surface area contributed by atoms with E-state index < -0.39 is 0 Å². The Morgan fingerprint density at radius 3 is 0.431 bits per heavy atom. The standard InChI is InChI=1S/C122H178O8/c1-31-37-43-51-123-107-83-59-87-71-101(117(13,14)15)75-91(109(87)125-53-45-39-33-3)63-95-79-105(121(25,26)27)81-97-65-93-77-103(119(19,20)21)73-89(111(93)127-55-47-41-35-5)61-85-69-100(116(10,11)12)70-86(108(85)124-52-44-38-32-2)62-90-74-104(120(22,23)24)78-94(112(90)128-56-48-42-36-6)66-98-82-106(122(28,29)30)80-96(114(98)130-58-50-49-57-129-113(95)97)64-92-76-102(118(16,17)18)72-88(110(92)126-54-46-40-34-4)60-84(107)68-99(67-83)115(7,8)9/h67-82H,31-66H2,1-30H3. The van der Waals surface area contributed by atoms with Crippen LogP contribution < -0.4 is 37.9 Å². The summed E-state index contributed by atoms with van der Waals surface area (Å²) in [5.74, 6) is 7.71. The van der Waals surface area contributed by atoms with E-state index in [9.17, 15) is 0 Å². The number of ether oxygens (including phenoxy) is 8. The smallest absolute Gasteiger partial charge is 0.126 e. The second-order valence-electron chi connectivity index (χ2n) is 47.1. The van der Waals surface area contributed by atoms with Crippen molar-refractivity contribution in [3.8, 4) is 46.0 Å². The van der Waals surface area contributed by atoms with Gasteiger partial charge in [0.15, 0.2) is 0 Å². The molecule has 14 bridgehead atoms. The van der Waals surface area contributed by atoms with E-state index in [2.05, 4.69) is 305 Å². The number of rotatable bonds is 30. The van der Waals surface area contributed by atoms with Gasteiger partial charge in [0, 0.05) is 51.4 Å². The molecule has 0 atom stereocenters. The zero-order chi connectivity index (χ0) is 94.9. The van der Waals surface area contributed by atoms with Gasteiger partial charge in [0.05, 0.1) is 52.9 Å². The molecule has 0 amide bonds. The van der Waals surface area contributed by atoms with Crippen molar-refractivity contribution in [1.29, 1.82) is 0 Å². The fraction of sp³-hybridized carbons (Fsp3) is 0.607. The lowest BCUT2D eigenvalue weighted by atomic mass is 9.79. The Morgan fingerprint density at radius 1 is 0.185 bits per heavy atom. The number of unbranched alkanes of at least 4 members (excludes halogenated alkanes) is 12. The lowest BCUT2D eigenvalue weighted by molar-refractivity contribution is 0.261. The number of fused-ring (bicyclic) bond motifs is 17. The summed E-state index contributed by atoms with van der Waals surface area (Å²) in [5.41, 5.74) is 27.1. The minimum absolute atomic E-state index is 0.222. The Bertz CT molecular complexity index is 4450. The first-order valence-electron chi connectivity index (χ1n) is 51.6. The Labute approximate surface area is 793 Å². The highest BCUT2D eigenvalue weighted by molar-refractivity contribution is 5.64. The molecule has 2 heterocycles. The van der Waals surface area contributed by atoms with Gasteiger partial charge in [-0.05, 0) is 228 Å². The maximum absolute atomic E-state index is 7.91. The van der Waals surface area contributed by atoms with Crippen molar-refractivity contribution in [3.05, 3.63) is 231 Å². The third-order valence-electron chi connectivity index (χ3n) is 26.9. The number of hydrogen-bond donors (Lipinski definition) is 0. The molecule has 8 nitrogen and oxygen atoms in total. The topological polar surface area (TPSA) is 73.8 Å². The summed E-state index contributed by atoms with van der Waals surface area (Å²) in [6.45, 7) is 75.7. The van der Waals surface area contributed by atoms with Crippen molar-refractivity contribution in [2.75, 3.05) is 52.9 Å². The van der Waals surface area contributed by atoms with E-state index in [-0.39, 0.29) is 43.3 Å². The normalized spacial score (nSPS) is 14.1. The molecule has 714 valence electrons. The van der Waals surface area contributed by atoms with E-state index >= 15 is 0 Å². The minimum atomic E-state index is -0.248. The molecule has 0 aliphatic carbocycles. The van der Waals surface area contributed by atoms with Gasteiger partial charge in [-0.1, -0.05) is 382 Å². The first-order valence-corrected chi connectivity index (χ1v) is 51.6. The molecule has 130 heavy (non-hydrogen) atoms. The number of hydrogen-bond acceptors (Lipinski definition) is 8. The zero-order valence-corrected chi connectivity index (χ0v) is 88.0. The monoisotopic (exact) mass is 1770 g/mol. The molecule has 0 spiro atoms. The SMILES string of the molecule is CCCCCOc1c2cc(C(C)(C)C)cc1Cc1cc(C(C)(C)C)cc(c1OCCCCC)Cc1cc(C(C)(C)C)cc3c1OCCCCOc1c(cc(C(C)(C)C)cc1Cc1cc(C(C)(C)C)cc(c1OCCCCC)Cc1cc(C(C)(C)C)cc(c1OCCCCC)Cc1cc(C(C)(C)C)cc(c1OCCCCC)C3)Cc1cc(C(C)(C)C)cc(c1OCCCCC)C2. The predicted molar refractivity (Wildman–Crippen MR) is 554 cm³/mol. The van der Waals surface area contributed by atoms with E-state index in [1.165, 1.54) is 111 Å². The van der Waals surface area contributed by atoms with E-state index in [1.807, 2.05) is 0 Å². The molecule has 0 saturated carbocycles. The molecule has 0 saturated heterocycles. The van der Waals surface area contributed by atoms with Crippen molar-refractivity contribution in [2.24, 2.45) is 0 Å². The Balaban J connectivity index is 1.44. The van der Waals surface area contributed by atoms with Gasteiger partial charge >= 0.3 is 0 Å². The van der Waals surface area contributed by atoms with Crippen molar-refractivity contribution in [1.82, 2.24) is 0 Å². The summed E-state index contributed by atoms with van der Waals surface area (Å²) in [4.78, 5) is 0. The van der Waals surface area contributed by atoms with Crippen LogP contribution in [0.15, 0.2) is 97.1 Å². The van der Waals surface area contributed by atoms with Gasteiger partial charge < -0.3 is 37.9 Å². The van der Waals surface area contributed by atoms with Crippen LogP contribution in [0.4, 0.5) is 0 Å². The van der Waals surface area contributed by atoms with E-state index in [4.69, 9.17) is 37.9 Å². The molecular formula is C122H178O8. The van der Waals surface area contributed by atoms with Gasteiger partial charge in [0.2, 0.25) is 0 Å². The van der Waals surface area contributed by atoms with Crippen LogP contribution in [0.3, 0.4) is 0 Å². The van der Waals surface area contributed by atoms with Crippen molar-refractivity contribution in [2.45, 2.75) is 431 Å². The van der Waals surface area contributed by atoms with Crippen LogP contribution in [0.25, 0.3) is 0 Å². The highest BCUT2D eigenvalue weighted by Gasteiger charge is 2.35. The van der Waals surface area contributed by atoms with Crippen LogP contribution in [0, 0.1) is 0 Å². The van der Waals surface area contributed by atoms with Crippen molar-refractivity contribution < 1.29 is 37.9 Å². The highest BCUT2D eigenvalue weighted by atomic mass is 16.5. The average Bonchev–Trinajstić information content (AvgIpc) is 0.798. The molecule has 10 rings (SSSR count). The first-order chi connectivity index (χ1) is 61.2. The minimum Gasteiger partial charge on any atom is -0.493 e. The van der Waals surface area contributed by atoms with Crippen LogP contribution in [-0.2, 0) is 94.7 Å². The van der Waals surface area contributed by atoms with Gasteiger partial charge in [-0.2, -0.15) is 0 Å². The maximum atomic E-state index is 7.91. The second-order valence-corrected chi connectivity index (χ2v) is 47.1. The number of benzene rings is 8. The fourth-order valence-corrected chi connectivity index (χ4v) is 18.4. The van der Waals surface area contributed by atoms with Crippen molar-refractivity contribution >= 4 is 0 Å². The largest absolute Gasteiger partial charge is 0.493 e. The molecule has 8 heteroatoms. The van der Waals surface area contributed by atoms with E-state index in [0.29, 0.717) is 104 Å². The zero-order valence-electron chi connectivity index (χ0n) is 88.0. The average molecular weight is 1770 g/mol. The fourth-order valence-electron chi connectivity index (χ4n) is 18.4. The molecule has 8 aromatic rings. The van der Waals surface area contributed by atoms with Crippen molar-refractivity contribution in [3.63, 3.8) is 0 Å². The molecule has 0 unspecified atom stereocenters. The van der Waals surface area contributed by atoms with E-state index in [0.717, 1.165) is 197 Å². The maximum Gasteiger partial charge on any atom is 0.126 e. The molecule has 0 radical (unpaired) electrons. The first kappa shape index (κ1) is 104. The third-order valence-corrected chi connectivity index (χ3v) is 26.9. The summed E-state index contributed by atoms with van der Waals surface area (Å²) in [5, 5.41) is 0. The molecule has 2 aliphatic rings. The Kier molecular flexibility index (Phi) is 36.5. The quantitative estimate of drug-likeness (QED) is 0.0412. The molecule has 0 fully saturated rings. The molecule has 0 N–H and O–H groups in total. The van der Waals surface area contributed by atoms with E-state index in [1.54, 1.807) is 0 Å². The van der Waals surface area contributed by atoms with Crippen LogP contribution >= 0.6 is 0 Å². The highest BCUT2D eigenvalue weighted by Crippen LogP contribution is 2.49. The van der Waals surface area contributed by atoms with Crippen LogP contribution in [0.2, 0.25) is 0 Å². The lowest BCUT2D eigenvalue weighted by Crippen LogP contribution is -2.18. The van der Waals surface area contributed by atoms with Crippen LogP contribution in [0.5, 0.6) is 46.0 Å². The molecule has 2 aliphatic heterocycles. The molecule has 0 aromatic heterocycles. The Morgan fingerprint density at radius 2 is 0.308 bits per heavy atom. The van der Waals surface area contributed by atoms with Crippen LogP contribution in [0.1, 0.15) is 470 Å². The third kappa shape index (κ3) is 28.4. The van der Waals surface area contributed by atoms with Gasteiger partial charge in [-0.3, -0.25) is 0 Å². The van der Waals surface area contributed by atoms with Gasteiger partial charge in [-0.25, -0.2) is 0 Å². The summed E-state index contributed by atoms with van der Waals surface area (Å²) < 4.78 is 61.7. The van der Waals surface area contributed by atoms with Gasteiger partial charge in [0.25, 0.3) is 0 Å². The van der Waals surface area contributed by atoms with Crippen LogP contribution in [-0.4, -0.2) is 52.9 Å². The summed E-state index contributed by atoms with van der Waals surface area (Å²) in [7, 11) is 0. The van der Waals surface area contributed by atoms with Gasteiger partial charge in [-0.15, -0.1) is 0 Å². The van der Waals surface area contributed by atoms with Gasteiger partial charge in [0.1, 0.15) is 46.0 Å². The summed E-state index contributed by atoms with van der Waals surface area (Å²) >= 11 is 0. The molecular weight excluding hydrogens is 1590 g/mol. The predicted octanol–water partition coefficient (Wildman–Crippen LogP) is 33.1.